The van der Waals surface area contributed by atoms with Gasteiger partial charge in [-0.25, -0.2) is 9.97 Å². The maximum atomic E-state index is 5.63. The smallest absolute Gasteiger partial charge is 0.179 e. The Labute approximate surface area is 98.6 Å². The molecule has 1 saturated heterocycles. The number of imidazole rings is 1. The summed E-state index contributed by atoms with van der Waals surface area (Å²) in [4.78, 5) is 11.9. The van der Waals surface area contributed by atoms with Crippen molar-refractivity contribution in [2.24, 2.45) is 0 Å². The number of pyridine rings is 1. The number of aromatic nitrogens is 3. The van der Waals surface area contributed by atoms with Gasteiger partial charge in [-0.05, 0) is 18.6 Å². The zero-order valence-corrected chi connectivity index (χ0v) is 9.60. The van der Waals surface area contributed by atoms with E-state index in [1.54, 1.807) is 13.2 Å². The van der Waals surface area contributed by atoms with Crippen LogP contribution in [0.1, 0.15) is 18.3 Å². The summed E-state index contributed by atoms with van der Waals surface area (Å²) in [6, 6.07) is 3.87. The summed E-state index contributed by atoms with van der Waals surface area (Å²) in [5.74, 6) is 1.39. The highest BCUT2D eigenvalue weighted by Gasteiger charge is 2.27. The minimum absolute atomic E-state index is 0.204. The molecule has 0 radical (unpaired) electrons. The van der Waals surface area contributed by atoms with E-state index in [9.17, 15) is 0 Å². The zero-order chi connectivity index (χ0) is 11.8. The number of anilines is 1. The average molecular weight is 233 g/mol. The summed E-state index contributed by atoms with van der Waals surface area (Å²) in [6.45, 7) is 0.855. The largest absolute Gasteiger partial charge is 0.384 e. The Morgan fingerprint density at radius 2 is 2.29 bits per heavy atom. The van der Waals surface area contributed by atoms with Crippen LogP contribution in [0.15, 0.2) is 12.1 Å². The van der Waals surface area contributed by atoms with E-state index in [1.807, 2.05) is 6.07 Å². The van der Waals surface area contributed by atoms with E-state index in [2.05, 4.69) is 20.3 Å². The van der Waals surface area contributed by atoms with Gasteiger partial charge in [-0.2, -0.15) is 0 Å². The minimum Gasteiger partial charge on any atom is -0.384 e. The maximum Gasteiger partial charge on any atom is 0.179 e. The summed E-state index contributed by atoms with van der Waals surface area (Å²) in [5.41, 5.74) is 7.21. The molecule has 4 N–H and O–H groups in total. The molecule has 6 nitrogen and oxygen atoms in total. The highest BCUT2D eigenvalue weighted by atomic mass is 16.5. The first kappa shape index (κ1) is 10.5. The lowest BCUT2D eigenvalue weighted by atomic mass is 10.2. The van der Waals surface area contributed by atoms with Crippen LogP contribution < -0.4 is 11.1 Å². The molecule has 0 spiro atoms. The van der Waals surface area contributed by atoms with Crippen LogP contribution in [0.2, 0.25) is 0 Å². The van der Waals surface area contributed by atoms with E-state index >= 15 is 0 Å². The van der Waals surface area contributed by atoms with Gasteiger partial charge in [0.1, 0.15) is 11.6 Å². The molecule has 90 valence electrons. The van der Waals surface area contributed by atoms with Crippen LogP contribution in [0, 0.1) is 0 Å². The second-order valence-corrected chi connectivity index (χ2v) is 4.28. The molecular formula is C11H15N5O. The van der Waals surface area contributed by atoms with Gasteiger partial charge in [-0.3, -0.25) is 0 Å². The lowest BCUT2D eigenvalue weighted by Gasteiger charge is -2.05. The van der Waals surface area contributed by atoms with Gasteiger partial charge >= 0.3 is 0 Å². The molecule has 3 rings (SSSR count). The summed E-state index contributed by atoms with van der Waals surface area (Å²) in [5, 5.41) is 3.37. The van der Waals surface area contributed by atoms with Gasteiger partial charge in [0.15, 0.2) is 5.65 Å². The third-order valence-electron chi connectivity index (χ3n) is 3.14. The van der Waals surface area contributed by atoms with E-state index in [0.717, 1.165) is 24.3 Å². The molecule has 2 atom stereocenters. The second-order valence-electron chi connectivity index (χ2n) is 4.28. The minimum atomic E-state index is 0.204. The van der Waals surface area contributed by atoms with Crippen molar-refractivity contribution in [1.82, 2.24) is 20.3 Å². The van der Waals surface area contributed by atoms with Gasteiger partial charge in [-0.15, -0.1) is 0 Å². The number of methoxy groups -OCH3 is 1. The van der Waals surface area contributed by atoms with Crippen LogP contribution in [0.3, 0.4) is 0 Å². The first-order chi connectivity index (χ1) is 8.26. The summed E-state index contributed by atoms with van der Waals surface area (Å²) < 4.78 is 5.32. The van der Waals surface area contributed by atoms with Crippen molar-refractivity contribution < 1.29 is 4.74 Å². The summed E-state index contributed by atoms with van der Waals surface area (Å²) >= 11 is 0. The van der Waals surface area contributed by atoms with Gasteiger partial charge in [0, 0.05) is 13.7 Å². The molecule has 17 heavy (non-hydrogen) atoms. The number of nitrogens with zero attached hydrogens (tertiary/aromatic N) is 2. The zero-order valence-electron chi connectivity index (χ0n) is 9.60. The van der Waals surface area contributed by atoms with Crippen LogP contribution in [0.4, 0.5) is 5.82 Å². The Bertz CT molecular complexity index is 538. The molecular weight excluding hydrogens is 218 g/mol. The first-order valence-corrected chi connectivity index (χ1v) is 5.64. The molecule has 1 aliphatic heterocycles. The third kappa shape index (κ3) is 1.85. The number of aromatic amines is 1. The predicted molar refractivity (Wildman–Crippen MR) is 64.5 cm³/mol. The van der Waals surface area contributed by atoms with Crippen LogP contribution >= 0.6 is 0 Å². The van der Waals surface area contributed by atoms with Crippen molar-refractivity contribution in [3.05, 3.63) is 18.0 Å². The van der Waals surface area contributed by atoms with Crippen molar-refractivity contribution >= 4 is 17.0 Å². The molecule has 2 aromatic rings. The fourth-order valence-electron chi connectivity index (χ4n) is 2.18. The van der Waals surface area contributed by atoms with Crippen molar-refractivity contribution in [2.45, 2.75) is 18.6 Å². The number of rotatable bonds is 2. The maximum absolute atomic E-state index is 5.63. The van der Waals surface area contributed by atoms with Gasteiger partial charge in [-0.1, -0.05) is 0 Å². The summed E-state index contributed by atoms with van der Waals surface area (Å²) in [6.07, 6.45) is 1.18. The molecule has 0 aliphatic carbocycles. The van der Waals surface area contributed by atoms with Gasteiger partial charge in [0.2, 0.25) is 0 Å². The monoisotopic (exact) mass is 233 g/mol. The second kappa shape index (κ2) is 3.97. The quantitative estimate of drug-likeness (QED) is 0.706. The van der Waals surface area contributed by atoms with Gasteiger partial charge < -0.3 is 20.8 Å². The van der Waals surface area contributed by atoms with Crippen LogP contribution in [0.5, 0.6) is 0 Å². The van der Waals surface area contributed by atoms with E-state index in [-0.39, 0.29) is 12.1 Å². The highest BCUT2D eigenvalue weighted by Crippen LogP contribution is 2.24. The molecule has 1 aliphatic rings. The molecule has 0 aromatic carbocycles. The Balaban J connectivity index is 1.91. The standard InChI is InChI=1S/C11H15N5O/c1-17-6-4-8(13-5-6)11-14-7-2-3-9(12)15-10(7)16-11/h2-3,6,8,13H,4-5H2,1H3,(H3,12,14,15,16). The molecule has 0 amide bonds. The lowest BCUT2D eigenvalue weighted by molar-refractivity contribution is 0.117. The Morgan fingerprint density at radius 1 is 1.41 bits per heavy atom. The van der Waals surface area contributed by atoms with Crippen molar-refractivity contribution in [2.75, 3.05) is 19.4 Å². The number of hydrogen-bond donors (Lipinski definition) is 3. The number of hydrogen-bond acceptors (Lipinski definition) is 5. The number of nitrogen functional groups attached to an aromatic ring is 1. The number of nitrogens with one attached hydrogen (secondary N) is 2. The Hall–Kier alpha value is -1.66. The van der Waals surface area contributed by atoms with E-state index in [4.69, 9.17) is 10.5 Å². The number of nitrogens with two attached hydrogens (primary N) is 1. The number of fused-ring (bicyclic) bond motifs is 1. The van der Waals surface area contributed by atoms with Crippen LogP contribution in [-0.2, 0) is 4.74 Å². The SMILES string of the molecule is COC1CNC(c2nc3nc(N)ccc3[nH]2)C1. The molecule has 2 aromatic heterocycles. The van der Waals surface area contributed by atoms with Crippen molar-refractivity contribution in [3.8, 4) is 0 Å². The number of H-pyrrole nitrogens is 1. The third-order valence-corrected chi connectivity index (χ3v) is 3.14. The predicted octanol–water partition coefficient (Wildman–Crippen LogP) is 0.589. The topological polar surface area (TPSA) is 88.8 Å². The van der Waals surface area contributed by atoms with Crippen molar-refractivity contribution in [1.29, 1.82) is 0 Å². The molecule has 1 fully saturated rings. The lowest BCUT2D eigenvalue weighted by Crippen LogP contribution is -2.16. The fourth-order valence-corrected chi connectivity index (χ4v) is 2.18. The first-order valence-electron chi connectivity index (χ1n) is 5.64. The number of ether oxygens (including phenoxy) is 1. The molecule has 2 unspecified atom stereocenters. The summed E-state index contributed by atoms with van der Waals surface area (Å²) in [7, 11) is 1.73. The van der Waals surface area contributed by atoms with E-state index < -0.39 is 0 Å². The normalized spacial score (nSPS) is 24.5. The average Bonchev–Trinajstić information content (AvgIpc) is 2.93. The molecule has 3 heterocycles. The van der Waals surface area contributed by atoms with E-state index in [0.29, 0.717) is 11.5 Å². The fraction of sp³-hybridized carbons (Fsp3) is 0.455. The van der Waals surface area contributed by atoms with Crippen LogP contribution in [0.25, 0.3) is 11.2 Å². The highest BCUT2D eigenvalue weighted by molar-refractivity contribution is 5.72. The van der Waals surface area contributed by atoms with E-state index in [1.165, 1.54) is 0 Å². The van der Waals surface area contributed by atoms with Gasteiger partial charge in [0.05, 0.1) is 17.7 Å². The van der Waals surface area contributed by atoms with Crippen molar-refractivity contribution in [3.63, 3.8) is 0 Å². The van der Waals surface area contributed by atoms with Gasteiger partial charge in [0.25, 0.3) is 0 Å². The molecule has 0 bridgehead atoms. The molecule has 0 saturated carbocycles. The molecule has 6 heteroatoms. The Morgan fingerprint density at radius 3 is 3.06 bits per heavy atom. The van der Waals surface area contributed by atoms with Crippen LogP contribution in [-0.4, -0.2) is 34.7 Å². The Kier molecular flexibility index (Phi) is 2.45.